The van der Waals surface area contributed by atoms with Crippen LogP contribution >= 0.6 is 0 Å². The molecule has 18 heavy (non-hydrogen) atoms. The molecule has 0 aliphatic rings. The molecule has 0 amide bonds. The zero-order valence-corrected chi connectivity index (χ0v) is 13.7. The summed E-state index contributed by atoms with van der Waals surface area (Å²) in [5, 5.41) is 0. The zero-order chi connectivity index (χ0) is 4.50. The molecule has 0 heterocycles. The molecule has 0 rings (SSSR count). The third-order valence-corrected chi connectivity index (χ3v) is 0. The Morgan fingerprint density at radius 3 is 0.556 bits per heavy atom. The average molecular weight is 350 g/mol. The topological polar surface area (TPSA) is 392 Å². The van der Waals surface area contributed by atoms with Crippen molar-refractivity contribution in [1.29, 1.82) is 0 Å². The first-order valence-corrected chi connectivity index (χ1v) is 2.00. The maximum absolute atomic E-state index is 8.52. The minimum absolute atomic E-state index is 0. The van der Waals surface area contributed by atoms with Gasteiger partial charge in [-0.25, -0.2) is 0 Å². The van der Waals surface area contributed by atoms with E-state index in [0.29, 0.717) is 0 Å². The molecule has 0 saturated heterocycles. The SMILES string of the molecule is O.O.O.O.O.O.O.O.O=S(=O)([O-])[O-].[Al+3].[Mg+2].[Mg+2].[OH-].[OH-]. The summed E-state index contributed by atoms with van der Waals surface area (Å²) in [6.07, 6.45) is 0. The van der Waals surface area contributed by atoms with E-state index >= 15 is 0 Å². The van der Waals surface area contributed by atoms with Crippen molar-refractivity contribution in [3.63, 3.8) is 0 Å². The first-order chi connectivity index (χ1) is 2.00. The molecule has 0 bridgehead atoms. The first kappa shape index (κ1) is 219. The fourth-order valence-corrected chi connectivity index (χ4v) is 0. The molecule has 0 spiro atoms. The molecule has 0 aromatic carbocycles. The van der Waals surface area contributed by atoms with Crippen LogP contribution < -0.4 is 0 Å². The van der Waals surface area contributed by atoms with Gasteiger partial charge in [0.1, 0.15) is 0 Å². The second kappa shape index (κ2) is 100. The van der Waals surface area contributed by atoms with Crippen LogP contribution in [0.2, 0.25) is 0 Å². The minimum Gasteiger partial charge on any atom is -0.870 e. The molecule has 0 saturated carbocycles. The van der Waals surface area contributed by atoms with E-state index in [2.05, 4.69) is 0 Å². The van der Waals surface area contributed by atoms with Crippen LogP contribution in [0.3, 0.4) is 0 Å². The van der Waals surface area contributed by atoms with Gasteiger partial charge >= 0.3 is 63.5 Å². The average Bonchev–Trinajstić information content (AvgIpc) is 0.722. The van der Waals surface area contributed by atoms with Gasteiger partial charge in [-0.2, -0.15) is 0 Å². The Balaban J connectivity index is -0.00000000103. The van der Waals surface area contributed by atoms with E-state index in [1.165, 1.54) is 0 Å². The number of hydrogen-bond donors (Lipinski definition) is 0. The standard InChI is InChI=1S/Al.2Mg.H2O4S.10H2O/c;;;1-5(2,3)4;;;;;;;;;;/h;;;(H2,1,2,3,4);10*1H2/q+3;2*+2;;;;;;;;;;;/p-4. The van der Waals surface area contributed by atoms with Crippen LogP contribution in [0.15, 0.2) is 0 Å². The predicted molar refractivity (Wildman–Crippen MR) is 60.5 cm³/mol. The normalized spacial score (nSPS) is 3.22. The molecule has 0 aromatic heterocycles. The summed E-state index contributed by atoms with van der Waals surface area (Å²) in [5.41, 5.74) is 0. The number of rotatable bonds is 0. The van der Waals surface area contributed by atoms with Crippen LogP contribution in [0.5, 0.6) is 0 Å². The monoisotopic (exact) mass is 349 g/mol. The third-order valence-electron chi connectivity index (χ3n) is 0. The fraction of sp³-hybridized carbons (Fsp3) is 0. The van der Waals surface area contributed by atoms with Crippen molar-refractivity contribution in [1.82, 2.24) is 0 Å². The van der Waals surface area contributed by atoms with Crippen LogP contribution in [0.25, 0.3) is 0 Å². The van der Waals surface area contributed by atoms with Gasteiger partial charge in [-0.1, -0.05) is 0 Å². The molecule has 0 aliphatic carbocycles. The van der Waals surface area contributed by atoms with Crippen molar-refractivity contribution < 1.29 is 72.3 Å². The molecule has 0 radical (unpaired) electrons. The molecule has 0 fully saturated rings. The van der Waals surface area contributed by atoms with Crippen LogP contribution in [-0.4, -0.2) is 136 Å². The van der Waals surface area contributed by atoms with Gasteiger partial charge in [-0.15, -0.1) is 0 Å². The Morgan fingerprint density at radius 2 is 0.556 bits per heavy atom. The molecular weight excluding hydrogens is 332 g/mol. The first-order valence-electron chi connectivity index (χ1n) is 0.667. The molecule has 0 atom stereocenters. The van der Waals surface area contributed by atoms with Crippen molar-refractivity contribution >= 4 is 73.9 Å². The smallest absolute Gasteiger partial charge is 0.870 e. The summed E-state index contributed by atoms with van der Waals surface area (Å²) in [6, 6.07) is 0. The van der Waals surface area contributed by atoms with Gasteiger partial charge in [-0.05, 0) is 0 Å². The van der Waals surface area contributed by atoms with Gasteiger partial charge in [0.15, 0.2) is 0 Å². The maximum atomic E-state index is 8.52. The predicted octanol–water partition coefficient (Wildman–Crippen LogP) is -9.43. The summed E-state index contributed by atoms with van der Waals surface area (Å²) in [7, 11) is -5.17. The van der Waals surface area contributed by atoms with Crippen molar-refractivity contribution in [2.45, 2.75) is 0 Å². The molecule has 18 N–H and O–H groups in total. The molecule has 0 aliphatic heterocycles. The van der Waals surface area contributed by atoms with Crippen molar-refractivity contribution in [2.75, 3.05) is 0 Å². The summed E-state index contributed by atoms with van der Waals surface area (Å²) >= 11 is 0. The van der Waals surface area contributed by atoms with Crippen molar-refractivity contribution in [2.24, 2.45) is 0 Å². The Kier molecular flexibility index (Phi) is 1220. The van der Waals surface area contributed by atoms with E-state index in [0.717, 1.165) is 0 Å². The molecule has 18 heteroatoms. The Bertz CT molecular complexity index is 103. The molecule has 0 aromatic rings. The Morgan fingerprint density at radius 1 is 0.556 bits per heavy atom. The molecular formula is H18AlMg2O14S+3. The maximum Gasteiger partial charge on any atom is 3.00 e. The zero-order valence-electron chi connectivity index (χ0n) is 8.93. The van der Waals surface area contributed by atoms with Crippen molar-refractivity contribution in [3.05, 3.63) is 0 Å². The van der Waals surface area contributed by atoms with Gasteiger partial charge in [0.2, 0.25) is 0 Å². The second-order valence-corrected chi connectivity index (χ2v) is 1.22. The van der Waals surface area contributed by atoms with E-state index < -0.39 is 10.4 Å². The summed E-state index contributed by atoms with van der Waals surface area (Å²) in [6.45, 7) is 0. The quantitative estimate of drug-likeness (QED) is 0.231. The van der Waals surface area contributed by atoms with Gasteiger partial charge in [0, 0.05) is 10.4 Å². The van der Waals surface area contributed by atoms with E-state index in [1.807, 2.05) is 0 Å². The van der Waals surface area contributed by atoms with Crippen molar-refractivity contribution in [3.8, 4) is 0 Å². The molecule has 14 nitrogen and oxygen atoms in total. The largest absolute Gasteiger partial charge is 3.00 e. The Labute approximate surface area is 145 Å². The molecule has 112 valence electrons. The van der Waals surface area contributed by atoms with E-state index in [-0.39, 0.29) is 118 Å². The van der Waals surface area contributed by atoms with Crippen LogP contribution in [-0.2, 0) is 10.4 Å². The minimum atomic E-state index is -5.17. The molecule has 0 unspecified atom stereocenters. The van der Waals surface area contributed by atoms with Crippen LogP contribution in [0.1, 0.15) is 0 Å². The third kappa shape index (κ3) is 2030. The van der Waals surface area contributed by atoms with Crippen LogP contribution in [0, 0.1) is 0 Å². The summed E-state index contributed by atoms with van der Waals surface area (Å²) in [4.78, 5) is 0. The number of hydrogen-bond acceptors (Lipinski definition) is 6. The summed E-state index contributed by atoms with van der Waals surface area (Å²) < 4.78 is 34.1. The van der Waals surface area contributed by atoms with Gasteiger partial charge in [0.05, 0.1) is 0 Å². The van der Waals surface area contributed by atoms with E-state index in [9.17, 15) is 0 Å². The van der Waals surface area contributed by atoms with Gasteiger partial charge < -0.3 is 63.9 Å². The second-order valence-electron chi connectivity index (χ2n) is 0.408. The van der Waals surface area contributed by atoms with Gasteiger partial charge in [0.25, 0.3) is 0 Å². The van der Waals surface area contributed by atoms with E-state index in [1.54, 1.807) is 0 Å². The van der Waals surface area contributed by atoms with E-state index in [4.69, 9.17) is 17.5 Å². The van der Waals surface area contributed by atoms with Gasteiger partial charge in [-0.3, -0.25) is 8.42 Å². The van der Waals surface area contributed by atoms with Crippen LogP contribution in [0.4, 0.5) is 0 Å². The Hall–Kier alpha value is 1.53. The fourth-order valence-electron chi connectivity index (χ4n) is 0. The summed E-state index contributed by atoms with van der Waals surface area (Å²) in [5.74, 6) is 0.